The average molecular weight is 218 g/mol. The highest BCUT2D eigenvalue weighted by atomic mass is 35.5. The SMILES string of the molecule is COC(=O)C(C)c1ncc(F)cc1Cl. The minimum atomic E-state index is -0.590. The second-order valence-electron chi connectivity index (χ2n) is 2.77. The summed E-state index contributed by atoms with van der Waals surface area (Å²) in [4.78, 5) is 14.9. The summed E-state index contributed by atoms with van der Waals surface area (Å²) in [5.41, 5.74) is 0.319. The standard InChI is InChI=1S/C9H9ClFNO2/c1-5(9(13)14-2)8-7(10)3-6(11)4-12-8/h3-5H,1-2H3. The molecule has 0 bridgehead atoms. The van der Waals surface area contributed by atoms with Crippen LogP contribution in [0.1, 0.15) is 18.5 Å². The zero-order valence-electron chi connectivity index (χ0n) is 7.75. The molecular weight excluding hydrogens is 209 g/mol. The Morgan fingerprint density at radius 3 is 2.86 bits per heavy atom. The third-order valence-corrected chi connectivity index (χ3v) is 2.10. The molecule has 0 spiro atoms. The maximum atomic E-state index is 12.6. The minimum absolute atomic E-state index is 0.128. The third-order valence-electron chi connectivity index (χ3n) is 1.80. The van der Waals surface area contributed by atoms with Gasteiger partial charge in [-0.15, -0.1) is 0 Å². The van der Waals surface area contributed by atoms with E-state index in [9.17, 15) is 9.18 Å². The van der Waals surface area contributed by atoms with Crippen molar-refractivity contribution in [2.75, 3.05) is 7.11 Å². The van der Waals surface area contributed by atoms with E-state index in [1.165, 1.54) is 7.11 Å². The number of hydrogen-bond acceptors (Lipinski definition) is 3. The summed E-state index contributed by atoms with van der Waals surface area (Å²) in [6, 6.07) is 1.11. The van der Waals surface area contributed by atoms with Gasteiger partial charge in [0.25, 0.3) is 0 Å². The summed E-state index contributed by atoms with van der Waals surface area (Å²) in [5.74, 6) is -1.57. The van der Waals surface area contributed by atoms with E-state index in [0.29, 0.717) is 5.69 Å². The van der Waals surface area contributed by atoms with Crippen molar-refractivity contribution in [1.29, 1.82) is 0 Å². The quantitative estimate of drug-likeness (QED) is 0.713. The van der Waals surface area contributed by atoms with Crippen LogP contribution < -0.4 is 0 Å². The molecule has 0 saturated heterocycles. The molecule has 76 valence electrons. The molecule has 0 amide bonds. The van der Waals surface area contributed by atoms with Gasteiger partial charge in [0.1, 0.15) is 5.82 Å². The first-order valence-corrected chi connectivity index (χ1v) is 4.32. The second kappa shape index (κ2) is 4.37. The fourth-order valence-corrected chi connectivity index (χ4v) is 1.35. The van der Waals surface area contributed by atoms with E-state index < -0.39 is 17.7 Å². The Bertz CT molecular complexity index is 357. The zero-order valence-corrected chi connectivity index (χ0v) is 8.51. The van der Waals surface area contributed by atoms with E-state index in [4.69, 9.17) is 11.6 Å². The first-order chi connectivity index (χ1) is 6.56. The van der Waals surface area contributed by atoms with E-state index in [-0.39, 0.29) is 5.02 Å². The lowest BCUT2D eigenvalue weighted by Gasteiger charge is -2.09. The number of pyridine rings is 1. The van der Waals surface area contributed by atoms with Gasteiger partial charge >= 0.3 is 5.97 Å². The van der Waals surface area contributed by atoms with Gasteiger partial charge in [0.15, 0.2) is 0 Å². The number of methoxy groups -OCH3 is 1. The summed E-state index contributed by atoms with van der Waals surface area (Å²) in [7, 11) is 1.27. The lowest BCUT2D eigenvalue weighted by molar-refractivity contribution is -0.142. The van der Waals surface area contributed by atoms with Crippen molar-refractivity contribution in [1.82, 2.24) is 4.98 Å². The molecule has 1 aromatic rings. The largest absolute Gasteiger partial charge is 0.469 e. The number of rotatable bonds is 2. The third kappa shape index (κ3) is 2.20. The molecule has 1 aromatic heterocycles. The molecule has 5 heteroatoms. The highest BCUT2D eigenvalue weighted by Crippen LogP contribution is 2.23. The van der Waals surface area contributed by atoms with Gasteiger partial charge in [-0.25, -0.2) is 4.39 Å². The van der Waals surface area contributed by atoms with Crippen LogP contribution in [0.5, 0.6) is 0 Å². The van der Waals surface area contributed by atoms with Crippen molar-refractivity contribution >= 4 is 17.6 Å². The molecule has 0 N–H and O–H groups in total. The molecule has 0 aliphatic rings. The van der Waals surface area contributed by atoms with Crippen LogP contribution in [0.4, 0.5) is 4.39 Å². The number of halogens is 2. The maximum absolute atomic E-state index is 12.6. The molecule has 0 saturated carbocycles. The van der Waals surface area contributed by atoms with E-state index in [1.807, 2.05) is 0 Å². The molecule has 1 unspecified atom stereocenters. The average Bonchev–Trinajstić information content (AvgIpc) is 2.15. The van der Waals surface area contributed by atoms with Gasteiger partial charge in [0, 0.05) is 0 Å². The molecule has 0 fully saturated rings. The zero-order chi connectivity index (χ0) is 10.7. The van der Waals surface area contributed by atoms with Gasteiger partial charge in [-0.3, -0.25) is 9.78 Å². The van der Waals surface area contributed by atoms with E-state index in [1.54, 1.807) is 6.92 Å². The second-order valence-corrected chi connectivity index (χ2v) is 3.17. The minimum Gasteiger partial charge on any atom is -0.469 e. The van der Waals surface area contributed by atoms with Crippen molar-refractivity contribution in [3.05, 3.63) is 28.8 Å². The van der Waals surface area contributed by atoms with E-state index in [0.717, 1.165) is 12.3 Å². The van der Waals surface area contributed by atoms with Crippen LogP contribution in [0.2, 0.25) is 5.02 Å². The summed E-state index contributed by atoms with van der Waals surface area (Å²) in [6.07, 6.45) is 1.01. The van der Waals surface area contributed by atoms with Gasteiger partial charge in [-0.1, -0.05) is 11.6 Å². The predicted octanol–water partition coefficient (Wildman–Crippen LogP) is 2.15. The Labute approximate surface area is 85.9 Å². The van der Waals surface area contributed by atoms with Crippen molar-refractivity contribution in [2.24, 2.45) is 0 Å². The molecule has 1 atom stereocenters. The first-order valence-electron chi connectivity index (χ1n) is 3.95. The summed E-state index contributed by atoms with van der Waals surface area (Å²) < 4.78 is 17.2. The molecule has 0 radical (unpaired) electrons. The monoisotopic (exact) mass is 217 g/mol. The van der Waals surface area contributed by atoms with Crippen molar-refractivity contribution < 1.29 is 13.9 Å². The van der Waals surface area contributed by atoms with Crippen LogP contribution in [-0.2, 0) is 9.53 Å². The summed E-state index contributed by atoms with van der Waals surface area (Å²) >= 11 is 5.72. The number of carbonyl (C=O) groups excluding carboxylic acids is 1. The van der Waals surface area contributed by atoms with Gasteiger partial charge in [0.2, 0.25) is 0 Å². The molecule has 3 nitrogen and oxygen atoms in total. The topological polar surface area (TPSA) is 39.2 Å². The molecule has 1 rings (SSSR count). The van der Waals surface area contributed by atoms with E-state index >= 15 is 0 Å². The Morgan fingerprint density at radius 1 is 1.71 bits per heavy atom. The van der Waals surface area contributed by atoms with Gasteiger partial charge in [0.05, 0.1) is 29.9 Å². The number of nitrogens with zero attached hydrogens (tertiary/aromatic N) is 1. The van der Waals surface area contributed by atoms with Crippen molar-refractivity contribution in [3.8, 4) is 0 Å². The van der Waals surface area contributed by atoms with Crippen molar-refractivity contribution in [3.63, 3.8) is 0 Å². The predicted molar refractivity (Wildman–Crippen MR) is 49.6 cm³/mol. The Morgan fingerprint density at radius 2 is 2.36 bits per heavy atom. The normalized spacial score (nSPS) is 12.3. The van der Waals surface area contributed by atoms with Crippen LogP contribution >= 0.6 is 11.6 Å². The molecule has 0 aliphatic heterocycles. The Balaban J connectivity index is 3.01. The van der Waals surface area contributed by atoms with E-state index in [2.05, 4.69) is 9.72 Å². The van der Waals surface area contributed by atoms with Crippen LogP contribution in [0, 0.1) is 5.82 Å². The molecule has 14 heavy (non-hydrogen) atoms. The molecule has 0 aromatic carbocycles. The fourth-order valence-electron chi connectivity index (χ4n) is 1.03. The summed E-state index contributed by atoms with van der Waals surface area (Å²) in [5, 5.41) is 0.128. The highest BCUT2D eigenvalue weighted by molar-refractivity contribution is 6.31. The van der Waals surface area contributed by atoms with Gasteiger partial charge < -0.3 is 4.74 Å². The number of carbonyl (C=O) groups is 1. The molecule has 0 aliphatic carbocycles. The summed E-state index contributed by atoms with van der Waals surface area (Å²) in [6.45, 7) is 1.60. The Kier molecular flexibility index (Phi) is 3.41. The lowest BCUT2D eigenvalue weighted by atomic mass is 10.1. The molecule has 1 heterocycles. The Hall–Kier alpha value is -1.16. The van der Waals surface area contributed by atoms with Crippen LogP contribution in [-0.4, -0.2) is 18.1 Å². The number of esters is 1. The van der Waals surface area contributed by atoms with Crippen LogP contribution in [0.25, 0.3) is 0 Å². The first kappa shape index (κ1) is 10.9. The van der Waals surface area contributed by atoms with Gasteiger partial charge in [-0.2, -0.15) is 0 Å². The van der Waals surface area contributed by atoms with Crippen LogP contribution in [0.15, 0.2) is 12.3 Å². The fraction of sp³-hybridized carbons (Fsp3) is 0.333. The smallest absolute Gasteiger partial charge is 0.314 e. The van der Waals surface area contributed by atoms with Crippen molar-refractivity contribution in [2.45, 2.75) is 12.8 Å². The molecular formula is C9H9ClFNO2. The lowest BCUT2D eigenvalue weighted by Crippen LogP contribution is -2.12. The van der Waals surface area contributed by atoms with Crippen LogP contribution in [0.3, 0.4) is 0 Å². The maximum Gasteiger partial charge on any atom is 0.314 e. The number of ether oxygens (including phenoxy) is 1. The van der Waals surface area contributed by atoms with Gasteiger partial charge in [-0.05, 0) is 13.0 Å². The number of hydrogen-bond donors (Lipinski definition) is 0. The number of aromatic nitrogens is 1. The highest BCUT2D eigenvalue weighted by Gasteiger charge is 2.20.